The molecule has 2 rings (SSSR count). The minimum atomic E-state index is -0.103. The van der Waals surface area contributed by atoms with Crippen LogP contribution in [0.2, 0.25) is 0 Å². The Bertz CT molecular complexity index is 650. The van der Waals surface area contributed by atoms with E-state index < -0.39 is 0 Å². The molecule has 112 valence electrons. The third-order valence-electron chi connectivity index (χ3n) is 3.09. The fourth-order valence-corrected chi connectivity index (χ4v) is 2.05. The summed E-state index contributed by atoms with van der Waals surface area (Å²) in [5, 5.41) is 3.09. The Kier molecular flexibility index (Phi) is 4.98. The number of rotatable bonds is 6. The van der Waals surface area contributed by atoms with Crippen molar-refractivity contribution in [3.63, 3.8) is 0 Å². The van der Waals surface area contributed by atoms with E-state index in [0.717, 1.165) is 11.3 Å². The molecule has 0 saturated carbocycles. The molecule has 1 aromatic carbocycles. The van der Waals surface area contributed by atoms with Gasteiger partial charge in [-0.2, -0.15) is 0 Å². The van der Waals surface area contributed by atoms with Crippen LogP contribution in [0.4, 0.5) is 5.82 Å². The molecule has 0 radical (unpaired) electrons. The van der Waals surface area contributed by atoms with Gasteiger partial charge in [0, 0.05) is 25.0 Å². The molecular formula is C16H21N3O2. The first-order valence-electron chi connectivity index (χ1n) is 7.14. The van der Waals surface area contributed by atoms with Crippen LogP contribution in [0.3, 0.4) is 0 Å². The molecule has 2 aromatic rings. The van der Waals surface area contributed by atoms with Crippen molar-refractivity contribution in [1.82, 2.24) is 9.55 Å². The fraction of sp³-hybridized carbons (Fsp3) is 0.375. The number of anilines is 1. The van der Waals surface area contributed by atoms with Gasteiger partial charge in [-0.15, -0.1) is 0 Å². The first-order chi connectivity index (χ1) is 10.1. The molecule has 0 atom stereocenters. The van der Waals surface area contributed by atoms with E-state index in [1.165, 1.54) is 0 Å². The molecular weight excluding hydrogens is 266 g/mol. The van der Waals surface area contributed by atoms with Crippen molar-refractivity contribution in [2.24, 2.45) is 0 Å². The Balaban J connectivity index is 2.11. The molecule has 0 unspecified atom stereocenters. The Morgan fingerprint density at radius 3 is 2.90 bits per heavy atom. The van der Waals surface area contributed by atoms with Crippen molar-refractivity contribution in [3.05, 3.63) is 52.6 Å². The molecule has 0 saturated heterocycles. The number of aromatic nitrogens is 2. The zero-order valence-corrected chi connectivity index (χ0v) is 12.7. The van der Waals surface area contributed by atoms with E-state index in [-0.39, 0.29) is 11.6 Å². The van der Waals surface area contributed by atoms with Gasteiger partial charge in [-0.3, -0.25) is 4.79 Å². The van der Waals surface area contributed by atoms with Gasteiger partial charge in [-0.1, -0.05) is 12.1 Å². The molecule has 5 nitrogen and oxygen atoms in total. The summed E-state index contributed by atoms with van der Waals surface area (Å²) in [7, 11) is 0. The van der Waals surface area contributed by atoms with E-state index in [4.69, 9.17) is 4.74 Å². The monoisotopic (exact) mass is 287 g/mol. The largest absolute Gasteiger partial charge is 0.494 e. The summed E-state index contributed by atoms with van der Waals surface area (Å²) in [6.45, 7) is 7.06. The van der Waals surface area contributed by atoms with Gasteiger partial charge in [0.25, 0.3) is 5.56 Å². The molecule has 21 heavy (non-hydrogen) atoms. The third kappa shape index (κ3) is 3.84. The smallest absolute Gasteiger partial charge is 0.293 e. The SMILES string of the molecule is CCOc1cccc(CNc2nccn(C(C)C)c2=O)c1. The number of ether oxygens (including phenoxy) is 1. The molecule has 0 aliphatic heterocycles. The molecule has 0 bridgehead atoms. The van der Waals surface area contributed by atoms with Gasteiger partial charge in [0.05, 0.1) is 6.61 Å². The maximum atomic E-state index is 12.2. The minimum Gasteiger partial charge on any atom is -0.494 e. The van der Waals surface area contributed by atoms with Crippen LogP contribution in [0.5, 0.6) is 5.75 Å². The Morgan fingerprint density at radius 2 is 2.19 bits per heavy atom. The summed E-state index contributed by atoms with van der Waals surface area (Å²) in [4.78, 5) is 16.3. The number of benzene rings is 1. The predicted octanol–water partition coefficient (Wildman–Crippen LogP) is 2.84. The van der Waals surface area contributed by atoms with E-state index in [1.807, 2.05) is 45.0 Å². The van der Waals surface area contributed by atoms with Crippen LogP contribution in [0.1, 0.15) is 32.4 Å². The summed E-state index contributed by atoms with van der Waals surface area (Å²) in [5.41, 5.74) is 0.940. The van der Waals surface area contributed by atoms with Gasteiger partial charge in [0.15, 0.2) is 5.82 Å². The van der Waals surface area contributed by atoms with Gasteiger partial charge in [0.1, 0.15) is 5.75 Å². The van der Waals surface area contributed by atoms with Crippen LogP contribution in [-0.2, 0) is 6.54 Å². The van der Waals surface area contributed by atoms with E-state index in [2.05, 4.69) is 10.3 Å². The zero-order valence-electron chi connectivity index (χ0n) is 12.7. The lowest BCUT2D eigenvalue weighted by atomic mass is 10.2. The maximum absolute atomic E-state index is 12.2. The first-order valence-corrected chi connectivity index (χ1v) is 7.14. The summed E-state index contributed by atoms with van der Waals surface area (Å²) in [6, 6.07) is 7.91. The molecule has 0 aliphatic carbocycles. The highest BCUT2D eigenvalue weighted by Crippen LogP contribution is 2.14. The van der Waals surface area contributed by atoms with Crippen molar-refractivity contribution in [2.75, 3.05) is 11.9 Å². The summed E-state index contributed by atoms with van der Waals surface area (Å²) >= 11 is 0. The van der Waals surface area contributed by atoms with Crippen molar-refractivity contribution < 1.29 is 4.74 Å². The van der Waals surface area contributed by atoms with E-state index in [0.29, 0.717) is 19.0 Å². The van der Waals surface area contributed by atoms with E-state index in [9.17, 15) is 4.79 Å². The van der Waals surface area contributed by atoms with Crippen LogP contribution in [0.15, 0.2) is 41.5 Å². The van der Waals surface area contributed by atoms with Crippen LogP contribution >= 0.6 is 0 Å². The topological polar surface area (TPSA) is 56.1 Å². The van der Waals surface area contributed by atoms with Gasteiger partial charge >= 0.3 is 0 Å². The third-order valence-corrected chi connectivity index (χ3v) is 3.09. The average molecular weight is 287 g/mol. The molecule has 0 spiro atoms. The highest BCUT2D eigenvalue weighted by Gasteiger charge is 2.07. The molecule has 0 amide bonds. The Morgan fingerprint density at radius 1 is 1.38 bits per heavy atom. The molecule has 1 N–H and O–H groups in total. The predicted molar refractivity (Wildman–Crippen MR) is 83.8 cm³/mol. The highest BCUT2D eigenvalue weighted by molar-refractivity contribution is 5.35. The van der Waals surface area contributed by atoms with Crippen LogP contribution < -0.4 is 15.6 Å². The van der Waals surface area contributed by atoms with Crippen molar-refractivity contribution >= 4 is 5.82 Å². The minimum absolute atomic E-state index is 0.103. The normalized spacial score (nSPS) is 10.7. The lowest BCUT2D eigenvalue weighted by Gasteiger charge is -2.12. The number of nitrogens with zero attached hydrogens (tertiary/aromatic N) is 2. The maximum Gasteiger partial charge on any atom is 0.293 e. The van der Waals surface area contributed by atoms with Crippen molar-refractivity contribution in [3.8, 4) is 5.75 Å². The molecule has 5 heteroatoms. The summed E-state index contributed by atoms with van der Waals surface area (Å²) < 4.78 is 7.12. The standard InChI is InChI=1S/C16H21N3O2/c1-4-21-14-7-5-6-13(10-14)11-18-15-16(20)19(12(2)3)9-8-17-15/h5-10,12H,4,11H2,1-3H3,(H,17,18). The van der Waals surface area contributed by atoms with Gasteiger partial charge in [0.2, 0.25) is 0 Å². The number of hydrogen-bond donors (Lipinski definition) is 1. The highest BCUT2D eigenvalue weighted by atomic mass is 16.5. The Labute approximate surface area is 124 Å². The van der Waals surface area contributed by atoms with E-state index >= 15 is 0 Å². The molecule has 0 aliphatic rings. The second-order valence-corrected chi connectivity index (χ2v) is 5.02. The van der Waals surface area contributed by atoms with Gasteiger partial charge in [-0.05, 0) is 38.5 Å². The summed E-state index contributed by atoms with van der Waals surface area (Å²) in [5.74, 6) is 1.20. The lowest BCUT2D eigenvalue weighted by molar-refractivity contribution is 0.340. The molecule has 1 heterocycles. The van der Waals surface area contributed by atoms with Gasteiger partial charge < -0.3 is 14.6 Å². The second-order valence-electron chi connectivity index (χ2n) is 5.02. The van der Waals surface area contributed by atoms with Crippen LogP contribution in [0, 0.1) is 0 Å². The number of hydrogen-bond acceptors (Lipinski definition) is 4. The Hall–Kier alpha value is -2.30. The second kappa shape index (κ2) is 6.92. The first kappa shape index (κ1) is 15.1. The lowest BCUT2D eigenvalue weighted by Crippen LogP contribution is -2.25. The molecule has 1 aromatic heterocycles. The quantitative estimate of drug-likeness (QED) is 0.887. The fourth-order valence-electron chi connectivity index (χ4n) is 2.05. The average Bonchev–Trinajstić information content (AvgIpc) is 2.46. The van der Waals surface area contributed by atoms with Crippen molar-refractivity contribution in [2.45, 2.75) is 33.4 Å². The van der Waals surface area contributed by atoms with Gasteiger partial charge in [-0.25, -0.2) is 4.98 Å². The zero-order chi connectivity index (χ0) is 15.2. The molecule has 0 fully saturated rings. The van der Waals surface area contributed by atoms with E-state index in [1.54, 1.807) is 17.0 Å². The van der Waals surface area contributed by atoms with Crippen LogP contribution in [-0.4, -0.2) is 16.2 Å². The number of nitrogens with one attached hydrogen (secondary N) is 1. The van der Waals surface area contributed by atoms with Crippen molar-refractivity contribution in [1.29, 1.82) is 0 Å². The summed E-state index contributed by atoms with van der Waals surface area (Å²) in [6.07, 6.45) is 3.34. The van der Waals surface area contributed by atoms with Crippen LogP contribution in [0.25, 0.3) is 0 Å².